The summed E-state index contributed by atoms with van der Waals surface area (Å²) in [6.07, 6.45) is -1.86. The van der Waals surface area contributed by atoms with Crippen molar-refractivity contribution in [2.45, 2.75) is 37.3 Å². The predicted molar refractivity (Wildman–Crippen MR) is 116 cm³/mol. The highest BCUT2D eigenvalue weighted by Gasteiger charge is 2.29. The molecular formula is C21H29N3O5S. The third-order valence-corrected chi connectivity index (χ3v) is 6.36. The van der Waals surface area contributed by atoms with Crippen molar-refractivity contribution in [3.8, 4) is 0 Å². The van der Waals surface area contributed by atoms with Crippen LogP contribution in [-0.4, -0.2) is 54.3 Å². The number of anilines is 1. The van der Waals surface area contributed by atoms with Crippen LogP contribution in [-0.2, 0) is 16.4 Å². The summed E-state index contributed by atoms with van der Waals surface area (Å²) < 4.78 is 27.5. The molecule has 0 aliphatic carbocycles. The molecule has 9 heteroatoms. The highest BCUT2D eigenvalue weighted by molar-refractivity contribution is 7.89. The van der Waals surface area contributed by atoms with Gasteiger partial charge in [-0.3, -0.25) is 5.32 Å². The van der Waals surface area contributed by atoms with Crippen LogP contribution in [0.4, 0.5) is 10.5 Å². The molecule has 0 saturated carbocycles. The van der Waals surface area contributed by atoms with Crippen LogP contribution in [0.25, 0.3) is 0 Å². The summed E-state index contributed by atoms with van der Waals surface area (Å²) in [4.78, 5) is 10.7. The molecule has 0 aliphatic rings. The number of nitrogens with one attached hydrogen (secondary N) is 1. The predicted octanol–water partition coefficient (Wildman–Crippen LogP) is 2.35. The van der Waals surface area contributed by atoms with Gasteiger partial charge in [0.2, 0.25) is 10.0 Å². The second-order valence-electron chi connectivity index (χ2n) is 7.59. The van der Waals surface area contributed by atoms with Crippen molar-refractivity contribution in [2.24, 2.45) is 11.7 Å². The molecule has 0 spiro atoms. The molecule has 0 bridgehead atoms. The summed E-state index contributed by atoms with van der Waals surface area (Å²) in [5, 5.41) is 21.5. The SMILES string of the molecule is CC(C)CN(CC(O)C(N)Cc1ccccc1)S(=O)(=O)c1ccc(NC(=O)O)cc1. The molecule has 2 atom stereocenters. The Kier molecular flexibility index (Phi) is 8.36. The third-order valence-electron chi connectivity index (χ3n) is 4.51. The molecule has 0 aliphatic heterocycles. The Balaban J connectivity index is 2.17. The van der Waals surface area contributed by atoms with Crippen molar-refractivity contribution in [3.05, 3.63) is 60.2 Å². The number of hydrogen-bond donors (Lipinski definition) is 4. The lowest BCUT2D eigenvalue weighted by Crippen LogP contribution is -2.47. The lowest BCUT2D eigenvalue weighted by atomic mass is 10.0. The van der Waals surface area contributed by atoms with Crippen molar-refractivity contribution >= 4 is 21.8 Å². The molecule has 0 radical (unpaired) electrons. The minimum absolute atomic E-state index is 0.0166. The lowest BCUT2D eigenvalue weighted by molar-refractivity contribution is 0.116. The zero-order valence-electron chi connectivity index (χ0n) is 17.1. The van der Waals surface area contributed by atoms with Gasteiger partial charge in [-0.25, -0.2) is 13.2 Å². The van der Waals surface area contributed by atoms with Gasteiger partial charge in [-0.05, 0) is 42.2 Å². The normalized spacial score (nSPS) is 13.9. The first-order valence-electron chi connectivity index (χ1n) is 9.67. The van der Waals surface area contributed by atoms with Gasteiger partial charge in [0, 0.05) is 24.8 Å². The maximum absolute atomic E-state index is 13.2. The molecule has 0 aromatic heterocycles. The molecule has 2 aromatic rings. The van der Waals surface area contributed by atoms with Gasteiger partial charge in [-0.15, -0.1) is 0 Å². The average molecular weight is 436 g/mol. The van der Waals surface area contributed by atoms with E-state index in [0.717, 1.165) is 5.56 Å². The largest absolute Gasteiger partial charge is 0.465 e. The van der Waals surface area contributed by atoms with Gasteiger partial charge in [0.15, 0.2) is 0 Å². The summed E-state index contributed by atoms with van der Waals surface area (Å²) in [6.45, 7) is 3.85. The Morgan fingerprint density at radius 3 is 2.20 bits per heavy atom. The van der Waals surface area contributed by atoms with E-state index < -0.39 is 28.3 Å². The zero-order valence-corrected chi connectivity index (χ0v) is 17.9. The van der Waals surface area contributed by atoms with Gasteiger partial charge >= 0.3 is 6.09 Å². The fourth-order valence-electron chi connectivity index (χ4n) is 3.03. The summed E-state index contributed by atoms with van der Waals surface area (Å²) >= 11 is 0. The molecule has 8 nitrogen and oxygen atoms in total. The Morgan fingerprint density at radius 2 is 1.67 bits per heavy atom. The van der Waals surface area contributed by atoms with E-state index in [-0.39, 0.29) is 29.6 Å². The minimum Gasteiger partial charge on any atom is -0.465 e. The second-order valence-corrected chi connectivity index (χ2v) is 9.53. The summed E-state index contributed by atoms with van der Waals surface area (Å²) in [5.41, 5.74) is 7.37. The van der Waals surface area contributed by atoms with Crippen LogP contribution in [0.1, 0.15) is 19.4 Å². The molecule has 164 valence electrons. The van der Waals surface area contributed by atoms with E-state index in [1.165, 1.54) is 28.6 Å². The zero-order chi connectivity index (χ0) is 22.3. The number of aliphatic hydroxyl groups is 1. The van der Waals surface area contributed by atoms with Crippen LogP contribution in [0, 0.1) is 5.92 Å². The first-order valence-corrected chi connectivity index (χ1v) is 11.1. The van der Waals surface area contributed by atoms with Gasteiger partial charge in [0.25, 0.3) is 0 Å². The molecule has 1 amide bonds. The Hall–Kier alpha value is -2.46. The molecule has 2 aromatic carbocycles. The fraction of sp³-hybridized carbons (Fsp3) is 0.381. The number of rotatable bonds is 10. The molecule has 30 heavy (non-hydrogen) atoms. The van der Waals surface area contributed by atoms with E-state index in [9.17, 15) is 18.3 Å². The second kappa shape index (κ2) is 10.5. The monoisotopic (exact) mass is 435 g/mol. The van der Waals surface area contributed by atoms with Crippen molar-refractivity contribution in [3.63, 3.8) is 0 Å². The maximum Gasteiger partial charge on any atom is 0.409 e. The van der Waals surface area contributed by atoms with Crippen LogP contribution in [0.3, 0.4) is 0 Å². The van der Waals surface area contributed by atoms with Crippen LogP contribution in [0.15, 0.2) is 59.5 Å². The topological polar surface area (TPSA) is 133 Å². The number of amides is 1. The third kappa shape index (κ3) is 6.81. The highest BCUT2D eigenvalue weighted by Crippen LogP contribution is 2.20. The van der Waals surface area contributed by atoms with Crippen LogP contribution in [0.2, 0.25) is 0 Å². The van der Waals surface area contributed by atoms with Crippen LogP contribution >= 0.6 is 0 Å². The molecule has 0 saturated heterocycles. The summed E-state index contributed by atoms with van der Waals surface area (Å²) in [5.74, 6) is 0.0327. The van der Waals surface area contributed by atoms with Gasteiger partial charge in [0.1, 0.15) is 0 Å². The van der Waals surface area contributed by atoms with E-state index >= 15 is 0 Å². The summed E-state index contributed by atoms with van der Waals surface area (Å²) in [7, 11) is -3.90. The Bertz CT molecular complexity index is 917. The van der Waals surface area contributed by atoms with Crippen LogP contribution < -0.4 is 11.1 Å². The number of sulfonamides is 1. The molecule has 0 heterocycles. The van der Waals surface area contributed by atoms with E-state index in [2.05, 4.69) is 5.32 Å². The van der Waals surface area contributed by atoms with E-state index in [0.29, 0.717) is 6.42 Å². The lowest BCUT2D eigenvalue weighted by Gasteiger charge is -2.28. The number of aliphatic hydroxyl groups excluding tert-OH is 1. The first kappa shape index (κ1) is 23.8. The van der Waals surface area contributed by atoms with Crippen molar-refractivity contribution in [1.82, 2.24) is 4.31 Å². The highest BCUT2D eigenvalue weighted by atomic mass is 32.2. The number of nitrogens with two attached hydrogens (primary N) is 1. The molecular weight excluding hydrogens is 406 g/mol. The molecule has 0 fully saturated rings. The van der Waals surface area contributed by atoms with Gasteiger partial charge in [-0.2, -0.15) is 4.31 Å². The Labute approximate surface area is 177 Å². The standard InChI is InChI=1S/C21H29N3O5S/c1-15(2)13-24(14-20(25)19(22)12-16-6-4-3-5-7-16)30(28,29)18-10-8-17(9-11-18)23-21(26)27/h3-11,15,19-20,23,25H,12-14,22H2,1-2H3,(H,26,27). The number of benzene rings is 2. The first-order chi connectivity index (χ1) is 14.1. The average Bonchev–Trinajstić information content (AvgIpc) is 2.67. The Morgan fingerprint density at radius 1 is 1.07 bits per heavy atom. The van der Waals surface area contributed by atoms with Crippen molar-refractivity contribution in [1.29, 1.82) is 0 Å². The number of hydrogen-bond acceptors (Lipinski definition) is 5. The van der Waals surface area contributed by atoms with Crippen LogP contribution in [0.5, 0.6) is 0 Å². The van der Waals surface area contributed by atoms with Crippen molar-refractivity contribution in [2.75, 3.05) is 18.4 Å². The quantitative estimate of drug-likeness (QED) is 0.453. The summed E-state index contributed by atoms with van der Waals surface area (Å²) in [6, 6.07) is 14.3. The van der Waals surface area contributed by atoms with E-state index in [1.807, 2.05) is 44.2 Å². The van der Waals surface area contributed by atoms with Crippen molar-refractivity contribution < 1.29 is 23.4 Å². The smallest absolute Gasteiger partial charge is 0.409 e. The van der Waals surface area contributed by atoms with Gasteiger partial charge in [-0.1, -0.05) is 44.2 Å². The number of carbonyl (C=O) groups is 1. The van der Waals surface area contributed by atoms with E-state index in [1.54, 1.807) is 0 Å². The molecule has 2 unspecified atom stereocenters. The molecule has 2 rings (SSSR count). The number of carboxylic acid groups (broad SMARTS) is 1. The van der Waals surface area contributed by atoms with Gasteiger partial charge < -0.3 is 15.9 Å². The maximum atomic E-state index is 13.2. The van der Waals surface area contributed by atoms with E-state index in [4.69, 9.17) is 10.8 Å². The number of nitrogens with zero attached hydrogens (tertiary/aromatic N) is 1. The minimum atomic E-state index is -3.90. The van der Waals surface area contributed by atoms with Gasteiger partial charge in [0.05, 0.1) is 11.0 Å². The molecule has 5 N–H and O–H groups in total. The fourth-order valence-corrected chi connectivity index (χ4v) is 4.65.